The monoisotopic (exact) mass is 290 g/mol. The molecule has 21 heavy (non-hydrogen) atoms. The van der Waals surface area contributed by atoms with E-state index in [0.29, 0.717) is 18.5 Å². The average molecular weight is 290 g/mol. The second kappa shape index (κ2) is 5.42. The third-order valence-electron chi connectivity index (χ3n) is 4.09. The number of aryl methyl sites for hydroxylation is 1. The highest BCUT2D eigenvalue weighted by molar-refractivity contribution is 5.96. The van der Waals surface area contributed by atoms with Gasteiger partial charge in [0.2, 0.25) is 0 Å². The quantitative estimate of drug-likeness (QED) is 0.798. The number of aromatic nitrogens is 3. The van der Waals surface area contributed by atoms with Gasteiger partial charge in [-0.2, -0.15) is 5.10 Å². The Hall–Kier alpha value is -1.99. The van der Waals surface area contributed by atoms with E-state index in [2.05, 4.69) is 10.1 Å². The first kappa shape index (κ1) is 14.0. The van der Waals surface area contributed by atoms with Crippen LogP contribution in [0.1, 0.15) is 16.8 Å². The van der Waals surface area contributed by atoms with Crippen LogP contribution in [0.2, 0.25) is 0 Å². The number of amides is 1. The second-order valence-electron chi connectivity index (χ2n) is 5.45. The molecule has 2 atom stereocenters. The van der Waals surface area contributed by atoms with E-state index >= 15 is 0 Å². The molecule has 3 heterocycles. The van der Waals surface area contributed by atoms with Crippen molar-refractivity contribution in [1.82, 2.24) is 19.7 Å². The fourth-order valence-electron chi connectivity index (χ4n) is 2.70. The van der Waals surface area contributed by atoms with Crippen molar-refractivity contribution in [2.45, 2.75) is 12.5 Å². The van der Waals surface area contributed by atoms with Crippen molar-refractivity contribution >= 4 is 16.9 Å². The van der Waals surface area contributed by atoms with Crippen LogP contribution in [0.4, 0.5) is 0 Å². The molecule has 1 amide bonds. The van der Waals surface area contributed by atoms with Crippen molar-refractivity contribution in [1.29, 1.82) is 0 Å². The summed E-state index contributed by atoms with van der Waals surface area (Å²) in [5, 5.41) is 23.2. The number of hydrogen-bond donors (Lipinski definition) is 2. The van der Waals surface area contributed by atoms with Gasteiger partial charge >= 0.3 is 0 Å². The van der Waals surface area contributed by atoms with Crippen molar-refractivity contribution < 1.29 is 15.0 Å². The van der Waals surface area contributed by atoms with Gasteiger partial charge in [-0.1, -0.05) is 0 Å². The number of nitrogens with zero attached hydrogens (tertiary/aromatic N) is 4. The SMILES string of the molecule is Cn1ncc2ncc(C(=O)N3CC[C@H](CO)[C@H](O)C3)cc21. The molecule has 3 rings (SSSR count). The number of aliphatic hydroxyl groups is 2. The maximum atomic E-state index is 12.5. The van der Waals surface area contributed by atoms with Crippen LogP contribution >= 0.6 is 0 Å². The van der Waals surface area contributed by atoms with Crippen LogP contribution in [0, 0.1) is 5.92 Å². The van der Waals surface area contributed by atoms with Gasteiger partial charge in [-0.25, -0.2) is 0 Å². The van der Waals surface area contributed by atoms with Crippen molar-refractivity contribution in [3.05, 3.63) is 24.0 Å². The molecule has 0 radical (unpaired) electrons. The highest BCUT2D eigenvalue weighted by Crippen LogP contribution is 2.20. The first-order valence-corrected chi connectivity index (χ1v) is 6.96. The van der Waals surface area contributed by atoms with Crippen molar-refractivity contribution in [3.8, 4) is 0 Å². The van der Waals surface area contributed by atoms with E-state index in [1.807, 2.05) is 0 Å². The van der Waals surface area contributed by atoms with Crippen LogP contribution in [0.25, 0.3) is 11.0 Å². The Labute approximate surface area is 121 Å². The maximum Gasteiger partial charge on any atom is 0.255 e. The summed E-state index contributed by atoms with van der Waals surface area (Å²) in [7, 11) is 1.80. The summed E-state index contributed by atoms with van der Waals surface area (Å²) in [4.78, 5) is 18.3. The number of likely N-dealkylation sites (tertiary alicyclic amines) is 1. The summed E-state index contributed by atoms with van der Waals surface area (Å²) < 4.78 is 1.67. The van der Waals surface area contributed by atoms with E-state index in [0.717, 1.165) is 11.0 Å². The average Bonchev–Trinajstić information content (AvgIpc) is 2.87. The first-order valence-electron chi connectivity index (χ1n) is 6.96. The third kappa shape index (κ3) is 2.50. The fraction of sp³-hybridized carbons (Fsp3) is 0.500. The number of rotatable bonds is 2. The minimum atomic E-state index is -0.680. The standard InChI is InChI=1S/C14H18N4O3/c1-17-12-4-10(5-15-11(12)6-16-17)14(21)18-3-2-9(8-19)13(20)7-18/h4-6,9,13,19-20H,2-3,7-8H2,1H3/t9-,13-/m1/s1. The maximum absolute atomic E-state index is 12.5. The molecule has 0 unspecified atom stereocenters. The molecule has 1 saturated heterocycles. The minimum Gasteiger partial charge on any atom is -0.396 e. The second-order valence-corrected chi connectivity index (χ2v) is 5.45. The summed E-state index contributed by atoms with van der Waals surface area (Å²) in [5.74, 6) is -0.298. The Morgan fingerprint density at radius 3 is 3.00 bits per heavy atom. The number of piperidine rings is 1. The Kier molecular flexibility index (Phi) is 3.60. The van der Waals surface area contributed by atoms with Gasteiger partial charge in [0.15, 0.2) is 0 Å². The van der Waals surface area contributed by atoms with Crippen LogP contribution in [0.5, 0.6) is 0 Å². The van der Waals surface area contributed by atoms with Crippen LogP contribution < -0.4 is 0 Å². The molecule has 2 aromatic heterocycles. The molecule has 1 fully saturated rings. The summed E-state index contributed by atoms with van der Waals surface area (Å²) in [6.07, 6.45) is 3.11. The minimum absolute atomic E-state index is 0.0499. The van der Waals surface area contributed by atoms with E-state index < -0.39 is 6.10 Å². The van der Waals surface area contributed by atoms with Crippen molar-refractivity contribution in [2.24, 2.45) is 13.0 Å². The van der Waals surface area contributed by atoms with E-state index in [1.54, 1.807) is 28.9 Å². The van der Waals surface area contributed by atoms with Gasteiger partial charge in [0.05, 0.1) is 23.4 Å². The molecule has 2 aromatic rings. The lowest BCUT2D eigenvalue weighted by atomic mass is 9.94. The lowest BCUT2D eigenvalue weighted by molar-refractivity contribution is 0.000867. The van der Waals surface area contributed by atoms with Crippen LogP contribution in [-0.2, 0) is 7.05 Å². The molecule has 1 aliphatic heterocycles. The Bertz CT molecular complexity index is 669. The molecule has 112 valence electrons. The topological polar surface area (TPSA) is 91.5 Å². The summed E-state index contributed by atoms with van der Waals surface area (Å²) in [5.41, 5.74) is 2.03. The zero-order chi connectivity index (χ0) is 15.0. The molecule has 0 aliphatic carbocycles. The molecular weight excluding hydrogens is 272 g/mol. The number of aliphatic hydroxyl groups excluding tert-OH is 2. The molecule has 0 bridgehead atoms. The zero-order valence-electron chi connectivity index (χ0n) is 11.8. The smallest absolute Gasteiger partial charge is 0.255 e. The predicted molar refractivity (Wildman–Crippen MR) is 75.6 cm³/mol. The number of fused-ring (bicyclic) bond motifs is 1. The van der Waals surface area contributed by atoms with Crippen LogP contribution in [-0.4, -0.2) is 61.6 Å². The van der Waals surface area contributed by atoms with E-state index in [-0.39, 0.29) is 25.0 Å². The number of hydrogen-bond acceptors (Lipinski definition) is 5. The van der Waals surface area contributed by atoms with Gasteiger partial charge in [0.1, 0.15) is 5.52 Å². The van der Waals surface area contributed by atoms with Gasteiger partial charge in [-0.3, -0.25) is 14.5 Å². The van der Waals surface area contributed by atoms with Gasteiger partial charge in [-0.05, 0) is 12.5 Å². The molecule has 0 aromatic carbocycles. The number of pyridine rings is 1. The number of carbonyl (C=O) groups excluding carboxylic acids is 1. The van der Waals surface area contributed by atoms with E-state index in [4.69, 9.17) is 5.11 Å². The molecule has 7 nitrogen and oxygen atoms in total. The molecule has 0 saturated carbocycles. The predicted octanol–water partition coefficient (Wildman–Crippen LogP) is -0.216. The Morgan fingerprint density at radius 2 is 2.29 bits per heavy atom. The summed E-state index contributed by atoms with van der Waals surface area (Å²) in [6, 6.07) is 1.77. The third-order valence-corrected chi connectivity index (χ3v) is 4.09. The van der Waals surface area contributed by atoms with E-state index in [9.17, 15) is 9.90 Å². The summed E-state index contributed by atoms with van der Waals surface area (Å²) >= 11 is 0. The molecular formula is C14H18N4O3. The molecule has 1 aliphatic rings. The number of carbonyl (C=O) groups is 1. The van der Waals surface area contributed by atoms with Gasteiger partial charge in [0, 0.05) is 38.9 Å². The fourth-order valence-corrected chi connectivity index (χ4v) is 2.70. The van der Waals surface area contributed by atoms with Crippen molar-refractivity contribution in [2.75, 3.05) is 19.7 Å². The molecule has 0 spiro atoms. The first-order chi connectivity index (χ1) is 10.1. The Morgan fingerprint density at radius 1 is 1.48 bits per heavy atom. The highest BCUT2D eigenvalue weighted by atomic mass is 16.3. The van der Waals surface area contributed by atoms with Gasteiger partial charge in [-0.15, -0.1) is 0 Å². The lowest BCUT2D eigenvalue weighted by Gasteiger charge is -2.35. The van der Waals surface area contributed by atoms with Crippen molar-refractivity contribution in [3.63, 3.8) is 0 Å². The molecule has 7 heteroatoms. The largest absolute Gasteiger partial charge is 0.396 e. The summed E-state index contributed by atoms with van der Waals surface area (Å²) in [6.45, 7) is 0.726. The molecule has 2 N–H and O–H groups in total. The normalized spacial score (nSPS) is 22.7. The Balaban J connectivity index is 1.82. The van der Waals surface area contributed by atoms with Crippen LogP contribution in [0.3, 0.4) is 0 Å². The van der Waals surface area contributed by atoms with Gasteiger partial charge in [0.25, 0.3) is 5.91 Å². The van der Waals surface area contributed by atoms with Crippen LogP contribution in [0.15, 0.2) is 18.5 Å². The van der Waals surface area contributed by atoms with Gasteiger partial charge < -0.3 is 15.1 Å². The number of β-amino-alcohol motifs (C(OH)–C–C–N with tert-alkyl or cyclic N) is 1. The zero-order valence-corrected chi connectivity index (χ0v) is 11.8. The highest BCUT2D eigenvalue weighted by Gasteiger charge is 2.30. The lowest BCUT2D eigenvalue weighted by Crippen LogP contribution is -2.47. The van der Waals surface area contributed by atoms with E-state index in [1.165, 1.54) is 6.20 Å².